The number of aromatic amines is 1. The van der Waals surface area contributed by atoms with Crippen molar-refractivity contribution >= 4 is 10.9 Å². The molecule has 3 aromatic rings. The summed E-state index contributed by atoms with van der Waals surface area (Å²) in [5.74, 6) is -0.424. The van der Waals surface area contributed by atoms with Crippen LogP contribution in [-0.2, 0) is 0 Å². The minimum Gasteiger partial charge on any atom is -0.508 e. The van der Waals surface area contributed by atoms with Gasteiger partial charge in [0, 0.05) is 16.8 Å². The highest BCUT2D eigenvalue weighted by Gasteiger charge is 2.16. The molecule has 0 saturated carbocycles. The van der Waals surface area contributed by atoms with Crippen LogP contribution in [0.3, 0.4) is 0 Å². The third kappa shape index (κ3) is 2.06. The molecule has 0 aliphatic carbocycles. The molecule has 0 saturated heterocycles. The highest BCUT2D eigenvalue weighted by atomic mass is 19.1. The Morgan fingerprint density at radius 1 is 1.11 bits per heavy atom. The van der Waals surface area contributed by atoms with Gasteiger partial charge >= 0.3 is 0 Å². The van der Waals surface area contributed by atoms with Crippen molar-refractivity contribution in [2.45, 2.75) is 6.04 Å². The van der Waals surface area contributed by atoms with Crippen molar-refractivity contribution in [2.24, 2.45) is 5.73 Å². The number of fused-ring (bicyclic) bond motifs is 1. The molecule has 1 aromatic heterocycles. The first-order valence-electron chi connectivity index (χ1n) is 5.97. The smallest absolute Gasteiger partial charge is 0.123 e. The van der Waals surface area contributed by atoms with E-state index < -0.39 is 11.9 Å². The summed E-state index contributed by atoms with van der Waals surface area (Å²) in [5, 5.41) is 10.8. The zero-order valence-corrected chi connectivity index (χ0v) is 10.1. The lowest BCUT2D eigenvalue weighted by Crippen LogP contribution is -2.12. The molecule has 96 valence electrons. The predicted molar refractivity (Wildman–Crippen MR) is 72.4 cm³/mol. The van der Waals surface area contributed by atoms with Crippen LogP contribution in [0.5, 0.6) is 5.75 Å². The summed E-state index contributed by atoms with van der Waals surface area (Å²) in [5.41, 5.74) is 8.16. The fourth-order valence-corrected chi connectivity index (χ4v) is 2.21. The first-order chi connectivity index (χ1) is 9.15. The largest absolute Gasteiger partial charge is 0.508 e. The number of hydrogen-bond acceptors (Lipinski definition) is 2. The average molecular weight is 256 g/mol. The molecule has 0 spiro atoms. The molecule has 0 aliphatic heterocycles. The lowest BCUT2D eigenvalue weighted by atomic mass is 10.0. The number of phenols is 1. The maximum Gasteiger partial charge on any atom is 0.123 e. The maximum atomic E-state index is 13.3. The number of aromatic hydroxyl groups is 1. The van der Waals surface area contributed by atoms with Gasteiger partial charge in [-0.25, -0.2) is 4.39 Å². The molecule has 0 unspecified atom stereocenters. The standard InChI is InChI=1S/C15H13FN2O/c16-10-5-6-14(19)11(8-10)15(17)13-7-9-3-1-2-4-12(9)18-13/h1-8,15,18-19H,17H2/t15-/m1/s1. The van der Waals surface area contributed by atoms with Gasteiger partial charge in [-0.3, -0.25) is 0 Å². The Bertz CT molecular complexity index is 703. The van der Waals surface area contributed by atoms with Gasteiger partial charge in [0.25, 0.3) is 0 Å². The van der Waals surface area contributed by atoms with Gasteiger partial charge < -0.3 is 15.8 Å². The van der Waals surface area contributed by atoms with Gasteiger partial charge in [-0.05, 0) is 35.7 Å². The Morgan fingerprint density at radius 2 is 1.89 bits per heavy atom. The van der Waals surface area contributed by atoms with Gasteiger partial charge in [0.2, 0.25) is 0 Å². The van der Waals surface area contributed by atoms with E-state index in [4.69, 9.17) is 5.73 Å². The summed E-state index contributed by atoms with van der Waals surface area (Å²) in [4.78, 5) is 3.18. The Labute approximate surface area is 109 Å². The number of nitrogens with two attached hydrogens (primary N) is 1. The summed E-state index contributed by atoms with van der Waals surface area (Å²) < 4.78 is 13.3. The number of benzene rings is 2. The molecule has 2 aromatic carbocycles. The second kappa shape index (κ2) is 4.40. The van der Waals surface area contributed by atoms with E-state index in [1.54, 1.807) is 0 Å². The third-order valence-electron chi connectivity index (χ3n) is 3.21. The number of aromatic nitrogens is 1. The lowest BCUT2D eigenvalue weighted by molar-refractivity contribution is 0.462. The van der Waals surface area contributed by atoms with E-state index in [0.29, 0.717) is 5.56 Å². The van der Waals surface area contributed by atoms with Crippen LogP contribution in [0.2, 0.25) is 0 Å². The average Bonchev–Trinajstić information content (AvgIpc) is 2.84. The molecular formula is C15H13FN2O. The molecule has 3 rings (SSSR count). The number of halogens is 1. The molecule has 0 radical (unpaired) electrons. The molecule has 0 bridgehead atoms. The van der Waals surface area contributed by atoms with Crippen molar-refractivity contribution in [3.8, 4) is 5.75 Å². The van der Waals surface area contributed by atoms with E-state index in [-0.39, 0.29) is 5.75 Å². The van der Waals surface area contributed by atoms with Crippen LogP contribution >= 0.6 is 0 Å². The van der Waals surface area contributed by atoms with Crippen LogP contribution in [0.4, 0.5) is 4.39 Å². The molecule has 0 aliphatic rings. The van der Waals surface area contributed by atoms with Crippen LogP contribution < -0.4 is 5.73 Å². The van der Waals surface area contributed by atoms with Gasteiger partial charge in [-0.2, -0.15) is 0 Å². The Kier molecular flexibility index (Phi) is 2.72. The number of H-pyrrole nitrogens is 1. The Morgan fingerprint density at radius 3 is 2.68 bits per heavy atom. The quantitative estimate of drug-likeness (QED) is 0.660. The van der Waals surface area contributed by atoms with Crippen LogP contribution in [0.15, 0.2) is 48.5 Å². The van der Waals surface area contributed by atoms with Crippen LogP contribution in [0, 0.1) is 5.82 Å². The fourth-order valence-electron chi connectivity index (χ4n) is 2.21. The Balaban J connectivity index is 2.07. The van der Waals surface area contributed by atoms with Gasteiger partial charge in [-0.15, -0.1) is 0 Å². The highest BCUT2D eigenvalue weighted by Crippen LogP contribution is 2.29. The van der Waals surface area contributed by atoms with E-state index >= 15 is 0 Å². The minimum absolute atomic E-state index is 0.00689. The van der Waals surface area contributed by atoms with Crippen molar-refractivity contribution in [3.05, 3.63) is 65.6 Å². The van der Waals surface area contributed by atoms with Crippen molar-refractivity contribution < 1.29 is 9.50 Å². The zero-order valence-electron chi connectivity index (χ0n) is 10.1. The van der Waals surface area contributed by atoms with Gasteiger partial charge in [-0.1, -0.05) is 18.2 Å². The number of para-hydroxylation sites is 1. The van der Waals surface area contributed by atoms with Crippen LogP contribution in [0.25, 0.3) is 10.9 Å². The summed E-state index contributed by atoms with van der Waals surface area (Å²) in [6.07, 6.45) is 0. The fraction of sp³-hybridized carbons (Fsp3) is 0.0667. The van der Waals surface area contributed by atoms with Crippen molar-refractivity contribution in [1.29, 1.82) is 0 Å². The van der Waals surface area contributed by atoms with Crippen molar-refractivity contribution in [3.63, 3.8) is 0 Å². The molecule has 3 nitrogen and oxygen atoms in total. The maximum absolute atomic E-state index is 13.3. The summed E-state index contributed by atoms with van der Waals surface area (Å²) in [6, 6.07) is 12.9. The van der Waals surface area contributed by atoms with E-state index in [1.807, 2.05) is 30.3 Å². The van der Waals surface area contributed by atoms with Crippen molar-refractivity contribution in [1.82, 2.24) is 4.98 Å². The molecule has 1 heterocycles. The zero-order chi connectivity index (χ0) is 13.4. The molecule has 19 heavy (non-hydrogen) atoms. The van der Waals surface area contributed by atoms with Crippen LogP contribution in [-0.4, -0.2) is 10.1 Å². The third-order valence-corrected chi connectivity index (χ3v) is 3.21. The summed E-state index contributed by atoms with van der Waals surface area (Å²) in [7, 11) is 0. The van der Waals surface area contributed by atoms with E-state index in [0.717, 1.165) is 16.6 Å². The van der Waals surface area contributed by atoms with E-state index in [2.05, 4.69) is 4.98 Å². The van der Waals surface area contributed by atoms with Gasteiger partial charge in [0.05, 0.1) is 6.04 Å². The van der Waals surface area contributed by atoms with E-state index in [1.165, 1.54) is 18.2 Å². The minimum atomic E-state index is -0.594. The number of phenolic OH excluding ortho intramolecular Hbond substituents is 1. The molecule has 0 fully saturated rings. The molecule has 4 N–H and O–H groups in total. The summed E-state index contributed by atoms with van der Waals surface area (Å²) >= 11 is 0. The monoisotopic (exact) mass is 256 g/mol. The SMILES string of the molecule is N[C@@H](c1cc2ccccc2[nH]1)c1cc(F)ccc1O. The molecule has 4 heteroatoms. The number of nitrogens with one attached hydrogen (secondary N) is 1. The number of rotatable bonds is 2. The van der Waals surface area contributed by atoms with Crippen molar-refractivity contribution in [2.75, 3.05) is 0 Å². The van der Waals surface area contributed by atoms with E-state index in [9.17, 15) is 9.50 Å². The topological polar surface area (TPSA) is 62.0 Å². The second-order valence-corrected chi connectivity index (χ2v) is 4.49. The highest BCUT2D eigenvalue weighted by molar-refractivity contribution is 5.80. The molecular weight excluding hydrogens is 243 g/mol. The van der Waals surface area contributed by atoms with Crippen LogP contribution in [0.1, 0.15) is 17.3 Å². The second-order valence-electron chi connectivity index (χ2n) is 4.49. The lowest BCUT2D eigenvalue weighted by Gasteiger charge is -2.12. The first-order valence-corrected chi connectivity index (χ1v) is 5.97. The normalized spacial score (nSPS) is 12.7. The predicted octanol–water partition coefficient (Wildman–Crippen LogP) is 3.06. The molecule has 0 amide bonds. The van der Waals surface area contributed by atoms with Gasteiger partial charge in [0.15, 0.2) is 0 Å². The summed E-state index contributed by atoms with van der Waals surface area (Å²) in [6.45, 7) is 0. The Hall–Kier alpha value is -2.33. The van der Waals surface area contributed by atoms with Gasteiger partial charge in [0.1, 0.15) is 11.6 Å². The molecule has 1 atom stereocenters. The first kappa shape index (κ1) is 11.7. The number of hydrogen-bond donors (Lipinski definition) is 3.